The van der Waals surface area contributed by atoms with Gasteiger partial charge in [-0.15, -0.1) is 0 Å². The highest BCUT2D eigenvalue weighted by Crippen LogP contribution is 2.28. The molecule has 0 fully saturated rings. The van der Waals surface area contributed by atoms with Gasteiger partial charge in [0.1, 0.15) is 5.56 Å². The Balaban J connectivity index is 2.44. The summed E-state index contributed by atoms with van der Waals surface area (Å²) in [6.07, 6.45) is 1.44. The topological polar surface area (TPSA) is 105 Å². The Morgan fingerprint density at radius 3 is 2.67 bits per heavy atom. The highest BCUT2D eigenvalue weighted by molar-refractivity contribution is 5.94. The molecule has 0 saturated heterocycles. The first kappa shape index (κ1) is 14.4. The van der Waals surface area contributed by atoms with E-state index in [0.717, 1.165) is 11.8 Å². The second-order valence-corrected chi connectivity index (χ2v) is 4.22. The van der Waals surface area contributed by atoms with Crippen LogP contribution in [0.1, 0.15) is 16.1 Å². The molecule has 7 nitrogen and oxygen atoms in total. The average Bonchev–Trinajstić information content (AvgIpc) is 2.42. The van der Waals surface area contributed by atoms with Crippen LogP contribution in [0.25, 0.3) is 0 Å². The minimum absolute atomic E-state index is 0.177. The Kier molecular flexibility index (Phi) is 3.79. The van der Waals surface area contributed by atoms with Crippen LogP contribution in [0, 0.1) is 22.9 Å². The summed E-state index contributed by atoms with van der Waals surface area (Å²) in [4.78, 5) is 24.8. The summed E-state index contributed by atoms with van der Waals surface area (Å²) in [5.41, 5.74) is -0.374. The van der Waals surface area contributed by atoms with Crippen molar-refractivity contribution < 1.29 is 19.2 Å². The largest absolute Gasteiger partial charge is 0.477 e. The van der Waals surface area contributed by atoms with Crippen LogP contribution in [0.3, 0.4) is 0 Å². The van der Waals surface area contributed by atoms with E-state index in [4.69, 9.17) is 5.11 Å². The number of hydrogen-bond acceptors (Lipinski definition) is 5. The quantitative estimate of drug-likeness (QED) is 0.662. The first-order valence-corrected chi connectivity index (χ1v) is 5.79. The van der Waals surface area contributed by atoms with Crippen LogP contribution >= 0.6 is 0 Å². The van der Waals surface area contributed by atoms with Crippen molar-refractivity contribution in [2.75, 3.05) is 5.32 Å². The van der Waals surface area contributed by atoms with E-state index in [-0.39, 0.29) is 5.69 Å². The Hall–Kier alpha value is -3.03. The third kappa shape index (κ3) is 3.11. The lowest BCUT2D eigenvalue weighted by Gasteiger charge is -2.09. The minimum Gasteiger partial charge on any atom is -0.477 e. The van der Waals surface area contributed by atoms with Crippen LogP contribution < -0.4 is 5.32 Å². The van der Waals surface area contributed by atoms with E-state index in [0.29, 0.717) is 11.8 Å². The second-order valence-electron chi connectivity index (χ2n) is 4.22. The molecule has 0 aliphatic carbocycles. The van der Waals surface area contributed by atoms with E-state index in [1.807, 2.05) is 0 Å². The smallest absolute Gasteiger partial charge is 0.342 e. The van der Waals surface area contributed by atoms with Crippen molar-refractivity contribution in [2.45, 2.75) is 6.92 Å². The molecule has 0 saturated carbocycles. The molecule has 1 aromatic carbocycles. The Morgan fingerprint density at radius 2 is 2.14 bits per heavy atom. The van der Waals surface area contributed by atoms with Crippen LogP contribution in [-0.4, -0.2) is 21.0 Å². The summed E-state index contributed by atoms with van der Waals surface area (Å²) in [6, 6.07) is 4.77. The normalized spacial score (nSPS) is 10.2. The number of aromatic nitrogens is 1. The lowest BCUT2D eigenvalue weighted by Crippen LogP contribution is -2.05. The number of nitrogens with one attached hydrogen (secondary N) is 1. The molecule has 0 amide bonds. The number of nitro benzene ring substituents is 1. The maximum Gasteiger partial charge on any atom is 0.342 e. The van der Waals surface area contributed by atoms with Crippen molar-refractivity contribution in [3.63, 3.8) is 0 Å². The van der Waals surface area contributed by atoms with Crippen LogP contribution in [-0.2, 0) is 0 Å². The van der Waals surface area contributed by atoms with Gasteiger partial charge in [-0.3, -0.25) is 15.1 Å². The molecule has 108 valence electrons. The molecule has 21 heavy (non-hydrogen) atoms. The van der Waals surface area contributed by atoms with Gasteiger partial charge in [0.2, 0.25) is 0 Å². The van der Waals surface area contributed by atoms with Crippen molar-refractivity contribution in [3.8, 4) is 0 Å². The van der Waals surface area contributed by atoms with Crippen molar-refractivity contribution in [3.05, 3.63) is 57.7 Å². The summed E-state index contributed by atoms with van der Waals surface area (Å²) in [5, 5.41) is 22.3. The number of hydrogen-bond donors (Lipinski definition) is 2. The van der Waals surface area contributed by atoms with Gasteiger partial charge in [0.25, 0.3) is 5.69 Å². The molecule has 0 atom stereocenters. The number of carboxylic acids is 1. The van der Waals surface area contributed by atoms with E-state index in [1.165, 1.54) is 6.20 Å². The molecular weight excluding hydrogens is 281 g/mol. The van der Waals surface area contributed by atoms with Crippen molar-refractivity contribution >= 4 is 23.0 Å². The van der Waals surface area contributed by atoms with Gasteiger partial charge in [-0.1, -0.05) is 0 Å². The van der Waals surface area contributed by atoms with E-state index in [9.17, 15) is 19.3 Å². The molecule has 2 rings (SSSR count). The van der Waals surface area contributed by atoms with E-state index in [2.05, 4.69) is 10.3 Å². The number of rotatable bonds is 4. The number of nitrogens with zero attached hydrogens (tertiary/aromatic N) is 2. The van der Waals surface area contributed by atoms with E-state index >= 15 is 0 Å². The lowest BCUT2D eigenvalue weighted by atomic mass is 10.1. The van der Waals surface area contributed by atoms with Gasteiger partial charge in [0.15, 0.2) is 5.82 Å². The Bertz CT molecular complexity index is 716. The fourth-order valence-electron chi connectivity index (χ4n) is 1.68. The first-order chi connectivity index (χ1) is 9.88. The predicted molar refractivity (Wildman–Crippen MR) is 72.3 cm³/mol. The zero-order valence-corrected chi connectivity index (χ0v) is 10.8. The standard InChI is InChI=1S/C13H10FN3O4/c1-7-2-3-8(6-15-7)16-11-4-9(13(18)19)12(17(20)21)5-10(11)14/h2-6,16H,1H3,(H,18,19). The van der Waals surface area contributed by atoms with Crippen molar-refractivity contribution in [1.82, 2.24) is 4.98 Å². The molecule has 0 bridgehead atoms. The fraction of sp³-hybridized carbons (Fsp3) is 0.0769. The lowest BCUT2D eigenvalue weighted by molar-refractivity contribution is -0.385. The van der Waals surface area contributed by atoms with E-state index < -0.39 is 28.0 Å². The summed E-state index contributed by atoms with van der Waals surface area (Å²) >= 11 is 0. The number of pyridine rings is 1. The van der Waals surface area contributed by atoms with Crippen LogP contribution in [0.15, 0.2) is 30.5 Å². The zero-order chi connectivity index (χ0) is 15.6. The molecule has 0 unspecified atom stereocenters. The van der Waals surface area contributed by atoms with Crippen LogP contribution in [0.4, 0.5) is 21.5 Å². The molecule has 0 aliphatic rings. The number of aromatic carboxylic acids is 1. The average molecular weight is 291 g/mol. The van der Waals surface area contributed by atoms with E-state index in [1.54, 1.807) is 19.1 Å². The molecule has 8 heteroatoms. The Labute approximate surface area is 118 Å². The van der Waals surface area contributed by atoms with Gasteiger partial charge in [-0.05, 0) is 25.1 Å². The number of nitro groups is 1. The summed E-state index contributed by atoms with van der Waals surface area (Å²) < 4.78 is 13.8. The summed E-state index contributed by atoms with van der Waals surface area (Å²) in [6.45, 7) is 1.78. The number of anilines is 2. The zero-order valence-electron chi connectivity index (χ0n) is 10.8. The summed E-state index contributed by atoms with van der Waals surface area (Å²) in [7, 11) is 0. The molecule has 1 aromatic heterocycles. The fourth-order valence-corrected chi connectivity index (χ4v) is 1.68. The monoisotopic (exact) mass is 291 g/mol. The summed E-state index contributed by atoms with van der Waals surface area (Å²) in [5.74, 6) is -2.43. The molecule has 0 radical (unpaired) electrons. The molecule has 0 aliphatic heterocycles. The first-order valence-electron chi connectivity index (χ1n) is 5.79. The van der Waals surface area contributed by atoms with Gasteiger partial charge >= 0.3 is 5.97 Å². The second kappa shape index (κ2) is 5.53. The molecular formula is C13H10FN3O4. The van der Waals surface area contributed by atoms with Gasteiger partial charge in [0, 0.05) is 5.69 Å². The van der Waals surface area contributed by atoms with Crippen LogP contribution in [0.2, 0.25) is 0 Å². The number of carbonyl (C=O) groups is 1. The van der Waals surface area contributed by atoms with Crippen molar-refractivity contribution in [1.29, 1.82) is 0 Å². The van der Waals surface area contributed by atoms with Crippen LogP contribution in [0.5, 0.6) is 0 Å². The molecule has 2 aromatic rings. The maximum absolute atomic E-state index is 13.8. The van der Waals surface area contributed by atoms with Gasteiger partial charge < -0.3 is 10.4 Å². The highest BCUT2D eigenvalue weighted by atomic mass is 19.1. The third-order valence-electron chi connectivity index (χ3n) is 2.70. The number of benzene rings is 1. The van der Waals surface area contributed by atoms with Crippen molar-refractivity contribution in [2.24, 2.45) is 0 Å². The Morgan fingerprint density at radius 1 is 1.43 bits per heavy atom. The molecule has 1 heterocycles. The third-order valence-corrected chi connectivity index (χ3v) is 2.70. The van der Waals surface area contributed by atoms with Gasteiger partial charge in [-0.2, -0.15) is 0 Å². The molecule has 0 spiro atoms. The van der Waals surface area contributed by atoms with Gasteiger partial charge in [0.05, 0.1) is 28.6 Å². The number of halogens is 1. The number of aryl methyl sites for hydroxylation is 1. The van der Waals surface area contributed by atoms with Gasteiger partial charge in [-0.25, -0.2) is 9.18 Å². The minimum atomic E-state index is -1.51. The predicted octanol–water partition coefficient (Wildman–Crippen LogP) is 2.88. The SMILES string of the molecule is Cc1ccc(Nc2cc(C(=O)O)c([N+](=O)[O-])cc2F)cn1. The highest BCUT2D eigenvalue weighted by Gasteiger charge is 2.23. The maximum atomic E-state index is 13.8. The number of carboxylic acid groups (broad SMARTS) is 1. The molecule has 2 N–H and O–H groups in total.